The van der Waals surface area contributed by atoms with Crippen molar-refractivity contribution in [3.8, 4) is 11.4 Å². The van der Waals surface area contributed by atoms with Crippen molar-refractivity contribution in [1.29, 1.82) is 0 Å². The van der Waals surface area contributed by atoms with Crippen LogP contribution in [0.2, 0.25) is 0 Å². The summed E-state index contributed by atoms with van der Waals surface area (Å²) in [6, 6.07) is 18.0. The molecule has 1 aromatic heterocycles. The maximum Gasteiger partial charge on any atom is 0.162 e. The van der Waals surface area contributed by atoms with Crippen molar-refractivity contribution in [1.82, 2.24) is 9.97 Å². The first-order valence-corrected chi connectivity index (χ1v) is 6.93. The van der Waals surface area contributed by atoms with Gasteiger partial charge in [-0.3, -0.25) is 0 Å². The predicted octanol–water partition coefficient (Wildman–Crippen LogP) is 0.359. The highest BCUT2D eigenvalue weighted by atomic mass is 35.5. The van der Waals surface area contributed by atoms with Gasteiger partial charge in [-0.1, -0.05) is 42.5 Å². The maximum atomic E-state index is 5.08. The lowest BCUT2D eigenvalue weighted by atomic mass is 10.2. The Kier molecular flexibility index (Phi) is 5.69. The second-order valence-electron chi connectivity index (χ2n) is 4.70. The summed E-state index contributed by atoms with van der Waals surface area (Å²) in [4.78, 5) is 9.32. The molecule has 0 bridgehead atoms. The molecule has 0 spiro atoms. The van der Waals surface area contributed by atoms with E-state index in [0.717, 1.165) is 28.1 Å². The molecular formula is C17H17ClN3O-. The number of fused-ring (bicyclic) bond motifs is 1. The van der Waals surface area contributed by atoms with E-state index in [1.807, 2.05) is 54.6 Å². The molecule has 0 unspecified atom stereocenters. The molecule has 22 heavy (non-hydrogen) atoms. The first-order chi connectivity index (χ1) is 10.4. The highest BCUT2D eigenvalue weighted by Crippen LogP contribution is 2.24. The van der Waals surface area contributed by atoms with Crippen molar-refractivity contribution in [2.24, 2.45) is 0 Å². The predicted molar refractivity (Wildman–Crippen MR) is 85.3 cm³/mol. The first-order valence-electron chi connectivity index (χ1n) is 6.93. The lowest BCUT2D eigenvalue weighted by Crippen LogP contribution is -3.00. The summed E-state index contributed by atoms with van der Waals surface area (Å²) in [6.07, 6.45) is 0. The van der Waals surface area contributed by atoms with Crippen LogP contribution in [0, 0.1) is 0 Å². The standard InChI is InChI=1S/C17H17N3O.ClH/c1-21-12-11-18-17-14-9-5-6-10-15(14)19-16(20-17)13-7-3-2-4-8-13;/h2-10H,11-12H2,1H3,(H,18,19,20);1H/p-1. The van der Waals surface area contributed by atoms with Crippen LogP contribution in [-0.2, 0) is 4.74 Å². The number of nitrogens with one attached hydrogen (secondary N) is 1. The number of hydrogen-bond acceptors (Lipinski definition) is 4. The van der Waals surface area contributed by atoms with Gasteiger partial charge in [-0.05, 0) is 12.1 Å². The summed E-state index contributed by atoms with van der Waals surface area (Å²) in [5, 5.41) is 4.34. The van der Waals surface area contributed by atoms with Crippen LogP contribution in [0.4, 0.5) is 5.82 Å². The van der Waals surface area contributed by atoms with Crippen LogP contribution in [-0.4, -0.2) is 30.2 Å². The van der Waals surface area contributed by atoms with E-state index >= 15 is 0 Å². The minimum absolute atomic E-state index is 0. The Morgan fingerprint density at radius 3 is 2.45 bits per heavy atom. The number of halogens is 1. The van der Waals surface area contributed by atoms with Crippen LogP contribution in [0.5, 0.6) is 0 Å². The van der Waals surface area contributed by atoms with Gasteiger partial charge in [-0.25, -0.2) is 9.97 Å². The van der Waals surface area contributed by atoms with E-state index in [9.17, 15) is 0 Å². The fourth-order valence-electron chi connectivity index (χ4n) is 2.20. The zero-order valence-electron chi connectivity index (χ0n) is 12.3. The molecule has 0 saturated carbocycles. The zero-order valence-corrected chi connectivity index (χ0v) is 13.0. The Morgan fingerprint density at radius 1 is 0.955 bits per heavy atom. The molecule has 0 aliphatic heterocycles. The summed E-state index contributed by atoms with van der Waals surface area (Å²) >= 11 is 0. The lowest BCUT2D eigenvalue weighted by molar-refractivity contribution is -0.00000463. The smallest absolute Gasteiger partial charge is 0.162 e. The first kappa shape index (κ1) is 16.2. The Labute approximate surface area is 136 Å². The third kappa shape index (κ3) is 3.53. The molecule has 3 rings (SSSR count). The Hall–Kier alpha value is -2.17. The maximum absolute atomic E-state index is 5.08. The summed E-state index contributed by atoms with van der Waals surface area (Å²) in [6.45, 7) is 1.35. The van der Waals surface area contributed by atoms with Crippen LogP contribution in [0.3, 0.4) is 0 Å². The van der Waals surface area contributed by atoms with Crippen LogP contribution >= 0.6 is 0 Å². The highest BCUT2D eigenvalue weighted by molar-refractivity contribution is 5.90. The molecule has 0 amide bonds. The molecule has 0 fully saturated rings. The Morgan fingerprint density at radius 2 is 1.68 bits per heavy atom. The number of nitrogens with zero attached hydrogens (tertiary/aromatic N) is 2. The molecule has 0 aliphatic rings. The fraction of sp³-hybridized carbons (Fsp3) is 0.176. The molecule has 3 aromatic rings. The van der Waals surface area contributed by atoms with Crippen LogP contribution in [0.1, 0.15) is 0 Å². The number of benzene rings is 2. The van der Waals surface area contributed by atoms with Crippen LogP contribution in [0.15, 0.2) is 54.6 Å². The van der Waals surface area contributed by atoms with Crippen molar-refractivity contribution in [2.45, 2.75) is 0 Å². The number of anilines is 1. The van der Waals surface area contributed by atoms with Crippen molar-refractivity contribution >= 4 is 16.7 Å². The lowest BCUT2D eigenvalue weighted by Gasteiger charge is -2.10. The molecule has 0 radical (unpaired) electrons. The average molecular weight is 315 g/mol. The van der Waals surface area contributed by atoms with E-state index in [-0.39, 0.29) is 12.4 Å². The van der Waals surface area contributed by atoms with E-state index < -0.39 is 0 Å². The second-order valence-corrected chi connectivity index (χ2v) is 4.70. The number of methoxy groups -OCH3 is 1. The van der Waals surface area contributed by atoms with Crippen LogP contribution < -0.4 is 17.7 Å². The van der Waals surface area contributed by atoms with Gasteiger partial charge < -0.3 is 22.5 Å². The highest BCUT2D eigenvalue weighted by Gasteiger charge is 2.08. The van der Waals surface area contributed by atoms with Crippen molar-refractivity contribution in [3.63, 3.8) is 0 Å². The van der Waals surface area contributed by atoms with E-state index in [1.165, 1.54) is 0 Å². The van der Waals surface area contributed by atoms with Gasteiger partial charge >= 0.3 is 0 Å². The third-order valence-corrected chi connectivity index (χ3v) is 3.23. The number of hydrogen-bond donors (Lipinski definition) is 1. The molecule has 0 atom stereocenters. The summed E-state index contributed by atoms with van der Waals surface area (Å²) in [7, 11) is 1.69. The average Bonchev–Trinajstić information content (AvgIpc) is 2.55. The summed E-state index contributed by atoms with van der Waals surface area (Å²) in [5.74, 6) is 1.57. The van der Waals surface area contributed by atoms with Gasteiger partial charge in [-0.15, -0.1) is 0 Å². The number of para-hydroxylation sites is 1. The van der Waals surface area contributed by atoms with Gasteiger partial charge in [-0.2, -0.15) is 0 Å². The van der Waals surface area contributed by atoms with Crippen molar-refractivity contribution in [3.05, 3.63) is 54.6 Å². The second kappa shape index (κ2) is 7.73. The normalized spacial score (nSPS) is 10.2. The summed E-state index contributed by atoms with van der Waals surface area (Å²) in [5.41, 5.74) is 1.95. The zero-order chi connectivity index (χ0) is 14.5. The van der Waals surface area contributed by atoms with Gasteiger partial charge in [0.1, 0.15) is 5.82 Å². The topological polar surface area (TPSA) is 47.0 Å². The minimum atomic E-state index is 0. The van der Waals surface area contributed by atoms with Crippen molar-refractivity contribution in [2.75, 3.05) is 25.6 Å². The van der Waals surface area contributed by atoms with Gasteiger partial charge in [0.25, 0.3) is 0 Å². The minimum Gasteiger partial charge on any atom is -1.00 e. The van der Waals surface area contributed by atoms with Gasteiger partial charge in [0, 0.05) is 24.6 Å². The molecule has 1 N–H and O–H groups in total. The molecule has 4 nitrogen and oxygen atoms in total. The largest absolute Gasteiger partial charge is 1.00 e. The van der Waals surface area contributed by atoms with Gasteiger partial charge in [0.2, 0.25) is 0 Å². The van der Waals surface area contributed by atoms with Gasteiger partial charge in [0.15, 0.2) is 5.82 Å². The van der Waals surface area contributed by atoms with Gasteiger partial charge in [0.05, 0.1) is 12.1 Å². The van der Waals surface area contributed by atoms with E-state index in [0.29, 0.717) is 13.2 Å². The number of rotatable bonds is 5. The third-order valence-electron chi connectivity index (χ3n) is 3.23. The summed E-state index contributed by atoms with van der Waals surface area (Å²) < 4.78 is 5.08. The molecule has 0 saturated heterocycles. The van der Waals surface area contributed by atoms with E-state index in [1.54, 1.807) is 7.11 Å². The van der Waals surface area contributed by atoms with E-state index in [2.05, 4.69) is 15.3 Å². The molecular weight excluding hydrogens is 298 g/mol. The van der Waals surface area contributed by atoms with Crippen molar-refractivity contribution < 1.29 is 17.1 Å². The SMILES string of the molecule is COCCNc1nc(-c2ccccc2)nc2ccccc12.[Cl-]. The molecule has 1 heterocycles. The van der Waals surface area contributed by atoms with Crippen LogP contribution in [0.25, 0.3) is 22.3 Å². The quantitative estimate of drug-likeness (QED) is 0.691. The number of aromatic nitrogens is 2. The molecule has 2 aromatic carbocycles. The molecule has 5 heteroatoms. The van der Waals surface area contributed by atoms with E-state index in [4.69, 9.17) is 4.74 Å². The molecule has 114 valence electrons. The monoisotopic (exact) mass is 314 g/mol. The Bertz CT molecular complexity index is 734. The Balaban J connectivity index is 0.00000176. The fourth-order valence-corrected chi connectivity index (χ4v) is 2.20. The number of ether oxygens (including phenoxy) is 1. The molecule has 0 aliphatic carbocycles.